The van der Waals surface area contributed by atoms with Gasteiger partial charge in [0.1, 0.15) is 5.69 Å². The minimum atomic E-state index is -1.00. The first kappa shape index (κ1) is 11.4. The molecule has 1 aromatic carbocycles. The van der Waals surface area contributed by atoms with Gasteiger partial charge in [0.05, 0.1) is 0 Å². The van der Waals surface area contributed by atoms with E-state index in [2.05, 4.69) is 10.2 Å². The second kappa shape index (κ2) is 4.20. The number of aryl methyl sites for hydroxylation is 1. The molecule has 0 bridgehead atoms. The van der Waals surface area contributed by atoms with E-state index in [0.29, 0.717) is 11.5 Å². The predicted molar refractivity (Wildman–Crippen MR) is 70.1 cm³/mol. The molecule has 0 amide bonds. The Bertz CT molecular complexity index is 760. The van der Waals surface area contributed by atoms with Crippen LogP contribution in [0.4, 0.5) is 0 Å². The lowest BCUT2D eigenvalue weighted by molar-refractivity contribution is 0.0689. The first-order chi connectivity index (χ1) is 9.16. The average molecular weight is 253 g/mol. The van der Waals surface area contributed by atoms with Crippen molar-refractivity contribution in [2.75, 3.05) is 0 Å². The Balaban J connectivity index is 2.30. The molecule has 3 aromatic rings. The molecule has 0 spiro atoms. The van der Waals surface area contributed by atoms with Crippen molar-refractivity contribution in [1.82, 2.24) is 14.6 Å². The first-order valence-corrected chi connectivity index (χ1v) is 5.81. The molecule has 2 heterocycles. The van der Waals surface area contributed by atoms with Gasteiger partial charge in [-0.25, -0.2) is 4.79 Å². The molecule has 0 saturated heterocycles. The van der Waals surface area contributed by atoms with E-state index >= 15 is 0 Å². The molecule has 2 aromatic heterocycles. The van der Waals surface area contributed by atoms with E-state index in [1.807, 2.05) is 31.2 Å². The Morgan fingerprint density at radius 3 is 2.53 bits per heavy atom. The quantitative estimate of drug-likeness (QED) is 0.761. The summed E-state index contributed by atoms with van der Waals surface area (Å²) in [5, 5.41) is 17.3. The maximum Gasteiger partial charge on any atom is 0.352 e. The van der Waals surface area contributed by atoms with Crippen molar-refractivity contribution in [1.29, 1.82) is 0 Å². The number of rotatable bonds is 2. The molecule has 19 heavy (non-hydrogen) atoms. The van der Waals surface area contributed by atoms with Gasteiger partial charge in [0.25, 0.3) is 0 Å². The van der Waals surface area contributed by atoms with Crippen molar-refractivity contribution in [3.05, 3.63) is 53.7 Å². The molecule has 5 nitrogen and oxygen atoms in total. The number of carbonyl (C=O) groups is 1. The van der Waals surface area contributed by atoms with Gasteiger partial charge in [-0.2, -0.15) is 0 Å². The zero-order valence-electron chi connectivity index (χ0n) is 10.2. The zero-order chi connectivity index (χ0) is 13.4. The summed E-state index contributed by atoms with van der Waals surface area (Å²) in [4.78, 5) is 11.3. The normalized spacial score (nSPS) is 10.8. The lowest BCUT2D eigenvalue weighted by Gasteiger charge is -2.04. The molecule has 0 unspecified atom stereocenters. The van der Waals surface area contributed by atoms with Crippen LogP contribution in [-0.4, -0.2) is 25.7 Å². The van der Waals surface area contributed by atoms with Gasteiger partial charge in [0, 0.05) is 5.56 Å². The van der Waals surface area contributed by atoms with Crippen LogP contribution in [0.5, 0.6) is 0 Å². The van der Waals surface area contributed by atoms with Gasteiger partial charge < -0.3 is 5.11 Å². The number of pyridine rings is 1. The Kier molecular flexibility index (Phi) is 2.52. The number of carboxylic acids is 1. The minimum Gasteiger partial charge on any atom is -0.477 e. The number of fused-ring (bicyclic) bond motifs is 1. The maximum atomic E-state index is 11.3. The van der Waals surface area contributed by atoms with Crippen LogP contribution in [0, 0.1) is 6.92 Å². The molecule has 0 radical (unpaired) electrons. The van der Waals surface area contributed by atoms with Crippen molar-refractivity contribution >= 4 is 11.6 Å². The van der Waals surface area contributed by atoms with Gasteiger partial charge in [0.15, 0.2) is 11.5 Å². The van der Waals surface area contributed by atoms with Gasteiger partial charge in [-0.1, -0.05) is 35.9 Å². The van der Waals surface area contributed by atoms with Gasteiger partial charge in [-0.15, -0.1) is 10.2 Å². The Hall–Kier alpha value is -2.69. The Labute approximate surface area is 109 Å². The number of nitrogens with zero attached hydrogens (tertiary/aromatic N) is 3. The summed E-state index contributed by atoms with van der Waals surface area (Å²) in [5.74, 6) is -0.466. The van der Waals surface area contributed by atoms with Crippen molar-refractivity contribution in [3.63, 3.8) is 0 Å². The number of hydrogen-bond donors (Lipinski definition) is 1. The summed E-state index contributed by atoms with van der Waals surface area (Å²) in [6.07, 6.45) is 0. The number of aromatic carboxylic acids is 1. The lowest BCUT2D eigenvalue weighted by Crippen LogP contribution is -2.05. The lowest BCUT2D eigenvalue weighted by atomic mass is 10.1. The molecule has 0 fully saturated rings. The van der Waals surface area contributed by atoms with E-state index in [-0.39, 0.29) is 5.69 Å². The van der Waals surface area contributed by atoms with E-state index in [4.69, 9.17) is 0 Å². The SMILES string of the molecule is Cc1ccc(-c2nnc3cccc(C(=O)O)n23)cc1. The smallest absolute Gasteiger partial charge is 0.352 e. The fourth-order valence-electron chi connectivity index (χ4n) is 2.00. The van der Waals surface area contributed by atoms with Crippen LogP contribution in [0.3, 0.4) is 0 Å². The van der Waals surface area contributed by atoms with Crippen molar-refractivity contribution in [2.24, 2.45) is 0 Å². The fraction of sp³-hybridized carbons (Fsp3) is 0.0714. The summed E-state index contributed by atoms with van der Waals surface area (Å²) in [5.41, 5.74) is 2.65. The van der Waals surface area contributed by atoms with Crippen LogP contribution in [0.1, 0.15) is 16.1 Å². The van der Waals surface area contributed by atoms with Crippen LogP contribution in [0.25, 0.3) is 17.0 Å². The number of carboxylic acid groups (broad SMARTS) is 1. The van der Waals surface area contributed by atoms with E-state index in [0.717, 1.165) is 11.1 Å². The van der Waals surface area contributed by atoms with Gasteiger partial charge in [0.2, 0.25) is 0 Å². The van der Waals surface area contributed by atoms with Crippen LogP contribution in [-0.2, 0) is 0 Å². The van der Waals surface area contributed by atoms with Crippen molar-refractivity contribution in [2.45, 2.75) is 6.92 Å². The number of aromatic nitrogens is 3. The summed E-state index contributed by atoms with van der Waals surface area (Å²) >= 11 is 0. The molecule has 0 aliphatic carbocycles. The molecular formula is C14H11N3O2. The molecular weight excluding hydrogens is 242 g/mol. The topological polar surface area (TPSA) is 67.5 Å². The molecule has 1 N–H and O–H groups in total. The Morgan fingerprint density at radius 1 is 1.11 bits per heavy atom. The monoisotopic (exact) mass is 253 g/mol. The van der Waals surface area contributed by atoms with Crippen LogP contribution in [0.15, 0.2) is 42.5 Å². The number of benzene rings is 1. The van der Waals surface area contributed by atoms with Crippen LogP contribution < -0.4 is 0 Å². The van der Waals surface area contributed by atoms with Crippen LogP contribution >= 0.6 is 0 Å². The van der Waals surface area contributed by atoms with E-state index in [9.17, 15) is 9.90 Å². The molecule has 0 aliphatic heterocycles. The predicted octanol–water partition coefficient (Wildman–Crippen LogP) is 2.40. The molecule has 3 rings (SSSR count). The second-order valence-corrected chi connectivity index (χ2v) is 4.30. The highest BCUT2D eigenvalue weighted by atomic mass is 16.4. The minimum absolute atomic E-state index is 0.151. The van der Waals surface area contributed by atoms with Gasteiger partial charge >= 0.3 is 5.97 Å². The highest BCUT2D eigenvalue weighted by molar-refractivity contribution is 5.87. The fourth-order valence-corrected chi connectivity index (χ4v) is 2.00. The average Bonchev–Trinajstić information content (AvgIpc) is 2.83. The van der Waals surface area contributed by atoms with Gasteiger partial charge in [-0.05, 0) is 19.1 Å². The van der Waals surface area contributed by atoms with Crippen molar-refractivity contribution in [3.8, 4) is 11.4 Å². The summed E-state index contributed by atoms with van der Waals surface area (Å²) in [6, 6.07) is 12.7. The van der Waals surface area contributed by atoms with E-state index in [1.165, 1.54) is 6.07 Å². The third-order valence-electron chi connectivity index (χ3n) is 2.96. The third-order valence-corrected chi connectivity index (χ3v) is 2.96. The first-order valence-electron chi connectivity index (χ1n) is 5.81. The maximum absolute atomic E-state index is 11.3. The molecule has 94 valence electrons. The zero-order valence-corrected chi connectivity index (χ0v) is 10.2. The van der Waals surface area contributed by atoms with E-state index in [1.54, 1.807) is 16.5 Å². The largest absolute Gasteiger partial charge is 0.477 e. The van der Waals surface area contributed by atoms with Crippen molar-refractivity contribution < 1.29 is 9.90 Å². The molecule has 0 aliphatic rings. The van der Waals surface area contributed by atoms with Gasteiger partial charge in [-0.3, -0.25) is 4.40 Å². The summed E-state index contributed by atoms with van der Waals surface area (Å²) < 4.78 is 1.55. The van der Waals surface area contributed by atoms with E-state index < -0.39 is 5.97 Å². The standard InChI is InChI=1S/C14H11N3O2/c1-9-5-7-10(8-6-9)13-16-15-12-4-2-3-11(14(18)19)17(12)13/h2-8H,1H3,(H,18,19). The molecule has 5 heteroatoms. The highest BCUT2D eigenvalue weighted by Crippen LogP contribution is 2.20. The second-order valence-electron chi connectivity index (χ2n) is 4.30. The van der Waals surface area contributed by atoms with Crippen LogP contribution in [0.2, 0.25) is 0 Å². The molecule has 0 atom stereocenters. The third kappa shape index (κ3) is 1.85. The summed E-state index contributed by atoms with van der Waals surface area (Å²) in [6.45, 7) is 1.99. The summed E-state index contributed by atoms with van der Waals surface area (Å²) in [7, 11) is 0. The number of hydrogen-bond acceptors (Lipinski definition) is 3. The molecule has 0 saturated carbocycles. The Morgan fingerprint density at radius 2 is 1.84 bits per heavy atom. The highest BCUT2D eigenvalue weighted by Gasteiger charge is 2.14.